The van der Waals surface area contributed by atoms with Gasteiger partial charge in [-0.2, -0.15) is 0 Å². The third-order valence-electron chi connectivity index (χ3n) is 6.90. The van der Waals surface area contributed by atoms with Crippen LogP contribution >= 0.6 is 0 Å². The molecule has 0 atom stereocenters. The van der Waals surface area contributed by atoms with E-state index in [0.29, 0.717) is 81.9 Å². The Bertz CT molecular complexity index is 1280. The Morgan fingerprint density at radius 1 is 0.864 bits per heavy atom. The number of carbonyl (C=O) groups excluding carboxylic acids is 2. The minimum atomic E-state index is -0.212. The number of benzene rings is 2. The average molecular weight is 607 g/mol. The van der Waals surface area contributed by atoms with Crippen molar-refractivity contribution in [3.8, 4) is 11.3 Å². The van der Waals surface area contributed by atoms with E-state index in [1.54, 1.807) is 24.4 Å². The van der Waals surface area contributed by atoms with Crippen LogP contribution < -0.4 is 16.0 Å². The van der Waals surface area contributed by atoms with E-state index in [4.69, 9.17) is 24.7 Å². The molecule has 1 heterocycles. The Hall–Kier alpha value is -3.67. The van der Waals surface area contributed by atoms with E-state index >= 15 is 0 Å². The number of nitrogens with two attached hydrogens (primary N) is 1. The Kier molecular flexibility index (Phi) is 16.1. The second-order valence-corrected chi connectivity index (χ2v) is 9.99. The van der Waals surface area contributed by atoms with E-state index in [9.17, 15) is 9.59 Å². The Labute approximate surface area is 260 Å². The monoisotopic (exact) mass is 606 g/mol. The quantitative estimate of drug-likeness (QED) is 0.125. The minimum Gasteiger partial charge on any atom is -0.379 e. The van der Waals surface area contributed by atoms with Crippen LogP contribution in [0, 0.1) is 0 Å². The van der Waals surface area contributed by atoms with Gasteiger partial charge in [-0.25, -0.2) is 0 Å². The van der Waals surface area contributed by atoms with E-state index in [0.717, 1.165) is 49.0 Å². The van der Waals surface area contributed by atoms with Gasteiger partial charge in [0.05, 0.1) is 57.6 Å². The van der Waals surface area contributed by atoms with Crippen molar-refractivity contribution in [2.24, 2.45) is 5.73 Å². The summed E-state index contributed by atoms with van der Waals surface area (Å²) in [5.74, 6) is -0.212. The number of anilines is 2. The molecule has 0 radical (unpaired) electrons. The van der Waals surface area contributed by atoms with Gasteiger partial charge in [-0.05, 0) is 74.7 Å². The van der Waals surface area contributed by atoms with Gasteiger partial charge >= 0.3 is 0 Å². The maximum atomic E-state index is 13.3. The number of nitrogens with zero attached hydrogens (tertiary/aromatic N) is 2. The number of nitrogens with one attached hydrogen (secondary N) is 1. The fraction of sp³-hybridized carbons (Fsp3) is 0.441. The standard InChI is InChI=1S/C34H46N4O6/c1-3-38(4-2)30-10-11-32(31(25-30)33-24-28(26-39)12-14-36-33)37-34(40)29-9-5-7-27(23-29)8-6-15-41-17-19-43-21-22-44-20-18-42-16-13-35/h5,7,9-12,14,23-26H,3-4,6,8,13,15-22,35H2,1-2H3,(H,37,40). The lowest BCUT2D eigenvalue weighted by Gasteiger charge is -2.23. The highest BCUT2D eigenvalue weighted by Crippen LogP contribution is 2.32. The van der Waals surface area contributed by atoms with Crippen molar-refractivity contribution in [1.82, 2.24) is 4.98 Å². The predicted octanol–water partition coefficient (Wildman–Crippen LogP) is 4.62. The maximum absolute atomic E-state index is 13.3. The van der Waals surface area contributed by atoms with E-state index in [2.05, 4.69) is 29.0 Å². The number of aldehydes is 1. The van der Waals surface area contributed by atoms with Gasteiger partial charge in [-0.3, -0.25) is 14.6 Å². The first-order valence-corrected chi connectivity index (χ1v) is 15.3. The van der Waals surface area contributed by atoms with E-state index in [1.165, 1.54) is 0 Å². The molecule has 0 saturated carbocycles. The number of ether oxygens (including phenoxy) is 4. The number of pyridine rings is 1. The molecule has 1 amide bonds. The molecule has 0 aliphatic heterocycles. The normalized spacial score (nSPS) is 11.0. The van der Waals surface area contributed by atoms with Gasteiger partial charge in [-0.1, -0.05) is 12.1 Å². The molecule has 10 nitrogen and oxygen atoms in total. The second kappa shape index (κ2) is 20.3. The highest BCUT2D eigenvalue weighted by atomic mass is 16.6. The molecule has 0 unspecified atom stereocenters. The molecular weight excluding hydrogens is 560 g/mol. The van der Waals surface area contributed by atoms with Gasteiger partial charge in [-0.15, -0.1) is 0 Å². The summed E-state index contributed by atoms with van der Waals surface area (Å²) < 4.78 is 21.9. The fourth-order valence-electron chi connectivity index (χ4n) is 4.59. The van der Waals surface area contributed by atoms with Crippen LogP contribution in [0.5, 0.6) is 0 Å². The highest BCUT2D eigenvalue weighted by molar-refractivity contribution is 6.06. The van der Waals surface area contributed by atoms with Crippen molar-refractivity contribution >= 4 is 23.6 Å². The topological polar surface area (TPSA) is 125 Å². The molecule has 3 aromatic rings. The first kappa shape index (κ1) is 34.8. The lowest BCUT2D eigenvalue weighted by Crippen LogP contribution is -2.22. The number of rotatable bonds is 22. The van der Waals surface area contributed by atoms with Gasteiger partial charge in [0.1, 0.15) is 6.29 Å². The van der Waals surface area contributed by atoms with Crippen molar-refractivity contribution in [2.75, 3.05) is 82.7 Å². The Balaban J connectivity index is 1.49. The summed E-state index contributed by atoms with van der Waals surface area (Å²) in [4.78, 5) is 31.5. The minimum absolute atomic E-state index is 0.212. The van der Waals surface area contributed by atoms with Crippen molar-refractivity contribution in [3.05, 3.63) is 77.5 Å². The summed E-state index contributed by atoms with van der Waals surface area (Å²) in [5.41, 5.74) is 10.5. The number of amides is 1. The molecule has 44 heavy (non-hydrogen) atoms. The van der Waals surface area contributed by atoms with Crippen molar-refractivity contribution in [2.45, 2.75) is 26.7 Å². The van der Waals surface area contributed by atoms with Crippen LogP contribution in [-0.2, 0) is 25.4 Å². The second-order valence-electron chi connectivity index (χ2n) is 9.99. The first-order valence-electron chi connectivity index (χ1n) is 15.3. The molecule has 0 aliphatic rings. The molecule has 0 saturated heterocycles. The number of carbonyl (C=O) groups is 2. The molecule has 3 N–H and O–H groups in total. The summed E-state index contributed by atoms with van der Waals surface area (Å²) in [6, 6.07) is 16.9. The van der Waals surface area contributed by atoms with Crippen LogP contribution in [0.4, 0.5) is 11.4 Å². The van der Waals surface area contributed by atoms with E-state index in [1.807, 2.05) is 36.4 Å². The summed E-state index contributed by atoms with van der Waals surface area (Å²) in [6.45, 7) is 10.7. The van der Waals surface area contributed by atoms with Crippen molar-refractivity contribution in [1.29, 1.82) is 0 Å². The molecule has 1 aromatic heterocycles. The summed E-state index contributed by atoms with van der Waals surface area (Å²) in [7, 11) is 0. The van der Waals surface area contributed by atoms with Gasteiger partial charge in [0.2, 0.25) is 0 Å². The van der Waals surface area contributed by atoms with Crippen LogP contribution in [0.2, 0.25) is 0 Å². The Morgan fingerprint density at radius 2 is 1.55 bits per heavy atom. The zero-order chi connectivity index (χ0) is 31.4. The van der Waals surface area contributed by atoms with E-state index < -0.39 is 0 Å². The third kappa shape index (κ3) is 11.8. The molecule has 3 rings (SSSR count). The smallest absolute Gasteiger partial charge is 0.255 e. The van der Waals surface area contributed by atoms with Gasteiger partial charge in [0, 0.05) is 54.8 Å². The van der Waals surface area contributed by atoms with Crippen LogP contribution in [-0.4, -0.2) is 89.7 Å². The van der Waals surface area contributed by atoms with Gasteiger partial charge < -0.3 is 34.9 Å². The van der Waals surface area contributed by atoms with Crippen LogP contribution in [0.25, 0.3) is 11.3 Å². The van der Waals surface area contributed by atoms with Crippen LogP contribution in [0.15, 0.2) is 60.8 Å². The summed E-state index contributed by atoms with van der Waals surface area (Å²) >= 11 is 0. The molecule has 0 spiro atoms. The lowest BCUT2D eigenvalue weighted by atomic mass is 10.0. The molecule has 0 fully saturated rings. The third-order valence-corrected chi connectivity index (χ3v) is 6.90. The zero-order valence-electron chi connectivity index (χ0n) is 26.0. The lowest BCUT2D eigenvalue weighted by molar-refractivity contribution is -0.00118. The number of aryl methyl sites for hydroxylation is 1. The number of aromatic nitrogens is 1. The molecule has 0 aliphatic carbocycles. The fourth-order valence-corrected chi connectivity index (χ4v) is 4.59. The number of hydrogen-bond acceptors (Lipinski definition) is 9. The van der Waals surface area contributed by atoms with Crippen LogP contribution in [0.3, 0.4) is 0 Å². The maximum Gasteiger partial charge on any atom is 0.255 e. The van der Waals surface area contributed by atoms with E-state index in [-0.39, 0.29) is 5.91 Å². The molecule has 0 bridgehead atoms. The highest BCUT2D eigenvalue weighted by Gasteiger charge is 2.15. The SMILES string of the molecule is CCN(CC)c1ccc(NC(=O)c2cccc(CCCOCCOCCOCCOCCN)c2)c(-c2cc(C=O)ccn2)c1. The summed E-state index contributed by atoms with van der Waals surface area (Å²) in [5, 5.41) is 3.07. The average Bonchev–Trinajstić information content (AvgIpc) is 3.06. The molecular formula is C34H46N4O6. The Morgan fingerprint density at radius 3 is 2.20 bits per heavy atom. The van der Waals surface area contributed by atoms with Crippen LogP contribution in [0.1, 0.15) is 46.5 Å². The molecule has 2 aromatic carbocycles. The van der Waals surface area contributed by atoms with Crippen molar-refractivity contribution in [3.63, 3.8) is 0 Å². The molecule has 238 valence electrons. The predicted molar refractivity (Wildman–Crippen MR) is 174 cm³/mol. The molecule has 10 heteroatoms. The number of hydrogen-bond donors (Lipinski definition) is 2. The largest absolute Gasteiger partial charge is 0.379 e. The van der Waals surface area contributed by atoms with Crippen molar-refractivity contribution < 1.29 is 28.5 Å². The van der Waals surface area contributed by atoms with Gasteiger partial charge in [0.15, 0.2) is 0 Å². The zero-order valence-corrected chi connectivity index (χ0v) is 26.0. The first-order chi connectivity index (χ1) is 21.6. The van der Waals surface area contributed by atoms with Gasteiger partial charge in [0.25, 0.3) is 5.91 Å². The summed E-state index contributed by atoms with van der Waals surface area (Å²) in [6.07, 6.45) is 4.01.